The zero-order valence-corrected chi connectivity index (χ0v) is 33.3. The van der Waals surface area contributed by atoms with Crippen molar-refractivity contribution in [3.05, 3.63) is 95.6 Å². The van der Waals surface area contributed by atoms with Gasteiger partial charge in [0.2, 0.25) is 0 Å². The van der Waals surface area contributed by atoms with Gasteiger partial charge in [-0.1, -0.05) is 84.0 Å². The van der Waals surface area contributed by atoms with Gasteiger partial charge in [0.15, 0.2) is 0 Å². The van der Waals surface area contributed by atoms with E-state index in [9.17, 15) is 10.1 Å². The summed E-state index contributed by atoms with van der Waals surface area (Å²) in [5.74, 6) is 1.13. The number of carbonyl (C=O) groups excluding carboxylic acids is 1. The third kappa shape index (κ3) is 12.9. The van der Waals surface area contributed by atoms with Crippen LogP contribution in [0, 0.1) is 28.6 Å². The van der Waals surface area contributed by atoms with Crippen LogP contribution in [0.4, 0.5) is 5.69 Å². The molecule has 10 heteroatoms. The summed E-state index contributed by atoms with van der Waals surface area (Å²) in [7, 11) is 1.58. The zero-order valence-electron chi connectivity index (χ0n) is 33.3. The van der Waals surface area contributed by atoms with E-state index < -0.39 is 0 Å². The first-order valence-electron chi connectivity index (χ1n) is 18.9. The Morgan fingerprint density at radius 1 is 1.17 bits per heavy atom. The van der Waals surface area contributed by atoms with Crippen molar-refractivity contribution in [3.63, 3.8) is 0 Å². The van der Waals surface area contributed by atoms with Crippen molar-refractivity contribution < 1.29 is 9.53 Å². The number of pyridine rings is 1. The maximum Gasteiger partial charge on any atom is 0.250 e. The Labute approximate surface area is 318 Å². The summed E-state index contributed by atoms with van der Waals surface area (Å²) in [6.07, 6.45) is 13.3. The van der Waals surface area contributed by atoms with Gasteiger partial charge < -0.3 is 21.5 Å². The number of methoxy groups -OCH3 is 1. The number of ether oxygens (including phenoxy) is 1. The van der Waals surface area contributed by atoms with Gasteiger partial charge in [-0.15, -0.1) is 0 Å². The highest BCUT2D eigenvalue weighted by Gasteiger charge is 2.40. The molecule has 53 heavy (non-hydrogen) atoms. The van der Waals surface area contributed by atoms with Crippen LogP contribution in [-0.4, -0.2) is 47.5 Å². The Balaban J connectivity index is 0.000000356. The molecular formula is C43H62N8O2. The maximum absolute atomic E-state index is 11.9. The molecule has 10 nitrogen and oxygen atoms in total. The van der Waals surface area contributed by atoms with Gasteiger partial charge in [0, 0.05) is 37.2 Å². The molecule has 0 radical (unpaired) electrons. The smallest absolute Gasteiger partial charge is 0.250 e. The number of rotatable bonds is 12. The number of nitrogens with zero attached hydrogens (tertiary/aromatic N) is 4. The highest BCUT2D eigenvalue weighted by Crippen LogP contribution is 2.42. The molecule has 1 amide bonds. The molecule has 1 aromatic carbocycles. The molecular weight excluding hydrogens is 661 g/mol. The van der Waals surface area contributed by atoms with Gasteiger partial charge in [-0.25, -0.2) is 0 Å². The molecule has 2 heterocycles. The van der Waals surface area contributed by atoms with E-state index >= 15 is 0 Å². The summed E-state index contributed by atoms with van der Waals surface area (Å²) in [5, 5.41) is 20.8. The molecule has 5 rings (SSSR count). The first kappa shape index (κ1) is 44.2. The lowest BCUT2D eigenvalue weighted by atomic mass is 9.67. The van der Waals surface area contributed by atoms with Crippen molar-refractivity contribution in [2.24, 2.45) is 28.3 Å². The van der Waals surface area contributed by atoms with E-state index in [4.69, 9.17) is 26.6 Å². The monoisotopic (exact) mass is 722 g/mol. The molecule has 1 saturated heterocycles. The molecule has 2 aromatic rings. The largest absolute Gasteiger partial charge is 0.494 e. The third-order valence-electron chi connectivity index (χ3n) is 8.75. The first-order valence-corrected chi connectivity index (χ1v) is 18.9. The molecule has 2 aliphatic carbocycles. The minimum absolute atomic E-state index is 0.00131. The minimum Gasteiger partial charge on any atom is -0.494 e. The fourth-order valence-corrected chi connectivity index (χ4v) is 5.80. The van der Waals surface area contributed by atoms with E-state index in [-0.39, 0.29) is 40.2 Å². The predicted molar refractivity (Wildman–Crippen MR) is 221 cm³/mol. The molecule has 6 N–H and O–H groups in total. The van der Waals surface area contributed by atoms with Gasteiger partial charge >= 0.3 is 0 Å². The zero-order chi connectivity index (χ0) is 39.6. The van der Waals surface area contributed by atoms with Crippen molar-refractivity contribution in [1.82, 2.24) is 9.88 Å². The summed E-state index contributed by atoms with van der Waals surface area (Å²) in [6.45, 7) is 21.3. The fraction of sp³-hybridized carbons (Fsp3) is 0.465. The number of para-hydroxylation sites is 1. The van der Waals surface area contributed by atoms with Crippen LogP contribution in [0.5, 0.6) is 5.75 Å². The van der Waals surface area contributed by atoms with Crippen molar-refractivity contribution in [2.75, 3.05) is 25.5 Å². The van der Waals surface area contributed by atoms with Crippen molar-refractivity contribution in [1.29, 1.82) is 10.7 Å². The number of aliphatic imine (C=N–C) groups is 1. The predicted octanol–water partition coefficient (Wildman–Crippen LogP) is 8.68. The molecule has 1 aliphatic heterocycles. The molecule has 0 atom stereocenters. The number of hydrogen-bond donors (Lipinski definition) is 4. The number of benzene rings is 1. The Kier molecular flexibility index (Phi) is 18.4. The Morgan fingerprint density at radius 3 is 2.30 bits per heavy atom. The Bertz CT molecular complexity index is 1700. The number of likely N-dealkylation sites (tertiary alicyclic amines) is 1. The number of carbonyl (C=O) groups is 1. The summed E-state index contributed by atoms with van der Waals surface area (Å²) in [5.41, 5.74) is 16.2. The van der Waals surface area contributed by atoms with Gasteiger partial charge in [0.1, 0.15) is 11.6 Å². The molecule has 2 saturated carbocycles. The normalized spacial score (nSPS) is 16.8. The summed E-state index contributed by atoms with van der Waals surface area (Å²) < 4.78 is 5.65. The van der Waals surface area contributed by atoms with Crippen molar-refractivity contribution >= 4 is 28.7 Å². The lowest BCUT2D eigenvalue weighted by Crippen LogP contribution is -2.44. The Hall–Kier alpha value is -5.01. The van der Waals surface area contributed by atoms with Crippen LogP contribution < -0.4 is 21.5 Å². The molecule has 3 aliphatic rings. The molecule has 286 valence electrons. The van der Waals surface area contributed by atoms with Gasteiger partial charge in [0.25, 0.3) is 5.91 Å². The number of aromatic nitrogens is 1. The van der Waals surface area contributed by atoms with Crippen LogP contribution in [0.2, 0.25) is 0 Å². The second kappa shape index (κ2) is 22.1. The second-order valence-corrected chi connectivity index (χ2v) is 13.4. The third-order valence-corrected chi connectivity index (χ3v) is 8.75. The number of amides is 1. The van der Waals surface area contributed by atoms with Crippen LogP contribution in [0.3, 0.4) is 0 Å². The quantitative estimate of drug-likeness (QED) is 0.0959. The van der Waals surface area contributed by atoms with Crippen LogP contribution in [0.1, 0.15) is 104 Å². The molecule has 0 unspecified atom stereocenters. The van der Waals surface area contributed by atoms with E-state index in [0.29, 0.717) is 11.4 Å². The highest BCUT2D eigenvalue weighted by atomic mass is 16.5. The van der Waals surface area contributed by atoms with E-state index in [2.05, 4.69) is 60.8 Å². The van der Waals surface area contributed by atoms with Crippen molar-refractivity contribution in [3.8, 4) is 11.8 Å². The van der Waals surface area contributed by atoms with Crippen LogP contribution in [-0.2, 0) is 16.8 Å². The lowest BCUT2D eigenvalue weighted by molar-refractivity contribution is -0.118. The van der Waals surface area contributed by atoms with Crippen LogP contribution in [0.15, 0.2) is 83.7 Å². The number of nitrogens with two attached hydrogens (primary N) is 2. The number of amidine groups is 1. The minimum atomic E-state index is -0.280. The summed E-state index contributed by atoms with van der Waals surface area (Å²) >= 11 is 0. The summed E-state index contributed by atoms with van der Waals surface area (Å²) in [6, 6.07) is 14.3. The molecule has 3 fully saturated rings. The molecule has 1 aromatic heterocycles. The van der Waals surface area contributed by atoms with Crippen LogP contribution in [0.25, 0.3) is 5.57 Å². The van der Waals surface area contributed by atoms with Gasteiger partial charge in [-0.3, -0.25) is 20.1 Å². The molecule has 0 bridgehead atoms. The summed E-state index contributed by atoms with van der Waals surface area (Å²) in [4.78, 5) is 23.0. The van der Waals surface area contributed by atoms with E-state index in [1.165, 1.54) is 25.6 Å². The van der Waals surface area contributed by atoms with E-state index in [1.807, 2.05) is 70.2 Å². The standard InChI is InChI=1S/C23H29N5O2.C15H19N3.C3H8.C2H6/c1-5-8-15(6-2)17-9-7-10-18(22(17)30-4)27-19(21(26)14(3)24)13-20(25)28-23(29)16-11-12-16;1-12-8-18(9-12)10-13-4-2-5-14(17-13)15(11-16)6-3-7-15;1-3-2;1-2/h5-10,13,16,26-27H,3,11-12,24H2,1-2,4H3,(H2,25,28,29);2,4-5,12H,3,6-10H2,1H3;3H2,1-2H3;1-2H3/b8-5-,15-6+,19-13+,26-21?;;;. The number of anilines is 1. The van der Waals surface area contributed by atoms with Gasteiger partial charge in [0.05, 0.1) is 52.8 Å². The maximum atomic E-state index is 11.9. The second-order valence-electron chi connectivity index (χ2n) is 13.4. The lowest BCUT2D eigenvalue weighted by Gasteiger charge is -2.37. The number of nitriles is 1. The molecule has 0 spiro atoms. The van der Waals surface area contributed by atoms with Crippen LogP contribution >= 0.6 is 0 Å². The van der Waals surface area contributed by atoms with E-state index in [1.54, 1.807) is 7.11 Å². The number of allylic oxidation sites excluding steroid dienone is 4. The van der Waals surface area contributed by atoms with Crippen molar-refractivity contribution in [2.45, 2.75) is 99.0 Å². The highest BCUT2D eigenvalue weighted by molar-refractivity contribution is 6.15. The average Bonchev–Trinajstić information content (AvgIpc) is 3.97. The van der Waals surface area contributed by atoms with Gasteiger partial charge in [-0.05, 0) is 75.6 Å². The first-order chi connectivity index (χ1) is 25.4. The van der Waals surface area contributed by atoms with E-state index in [0.717, 1.165) is 67.1 Å². The average molecular weight is 723 g/mol. The Morgan fingerprint density at radius 2 is 1.81 bits per heavy atom. The number of hydrogen-bond acceptors (Lipinski definition) is 8. The topological polar surface area (TPSA) is 166 Å². The fourth-order valence-electron chi connectivity index (χ4n) is 5.80. The van der Waals surface area contributed by atoms with Gasteiger partial charge in [-0.2, -0.15) is 10.3 Å². The SMILES string of the molecule is C=C(N)C(=N)/C(=C\C(N)=NC(=O)C1CC1)Nc1cccc(C(/C=C\C)=C/C)c1OC.CC.CC1CN(Cc2cccc(C3(C#N)CCC3)n2)C1.CCC. The number of nitrogens with one attached hydrogen (secondary N) is 2.